The number of allylic oxidation sites excluding steroid dienone is 1. The highest BCUT2D eigenvalue weighted by Gasteiger charge is 1.96. The van der Waals surface area contributed by atoms with Crippen LogP contribution in [0, 0.1) is 0 Å². The zero-order valence-corrected chi connectivity index (χ0v) is 9.21. The number of pyridine rings is 1. The Hall–Kier alpha value is -1.02. The Balaban J connectivity index is 2.90. The summed E-state index contributed by atoms with van der Waals surface area (Å²) in [6, 6.07) is 5.67. The lowest BCUT2D eigenvalue weighted by Crippen LogP contribution is -1.90. The quantitative estimate of drug-likeness (QED) is 0.714. The Kier molecular flexibility index (Phi) is 4.47. The van der Waals surface area contributed by atoms with Crippen molar-refractivity contribution in [2.75, 3.05) is 13.0 Å². The van der Waals surface area contributed by atoms with E-state index in [1.807, 2.05) is 24.3 Å². The van der Waals surface area contributed by atoms with Crippen LogP contribution in [0.2, 0.25) is 0 Å². The first-order valence-corrected chi connectivity index (χ1v) is 5.10. The highest BCUT2D eigenvalue weighted by atomic mass is 35.5. The summed E-state index contributed by atoms with van der Waals surface area (Å²) in [5.74, 6) is 1.18. The predicted octanol–water partition coefficient (Wildman–Crippen LogP) is 3.12. The molecule has 0 aliphatic rings. The molecule has 76 valence electrons. The summed E-state index contributed by atoms with van der Waals surface area (Å²) in [4.78, 5) is 4.27. The molecule has 0 atom stereocenters. The van der Waals surface area contributed by atoms with Crippen LogP contribution in [-0.4, -0.2) is 18.0 Å². The van der Waals surface area contributed by atoms with Crippen molar-refractivity contribution in [3.05, 3.63) is 29.5 Å². The van der Waals surface area contributed by atoms with Gasteiger partial charge in [0.2, 0.25) is 5.88 Å². The zero-order valence-electron chi connectivity index (χ0n) is 8.46. The molecule has 0 fully saturated rings. The molecule has 0 bridgehead atoms. The fraction of sp³-hybridized carbons (Fsp3) is 0.364. The lowest BCUT2D eigenvalue weighted by molar-refractivity contribution is 0.397. The van der Waals surface area contributed by atoms with E-state index in [0.29, 0.717) is 11.8 Å². The van der Waals surface area contributed by atoms with Crippen LogP contribution in [0.3, 0.4) is 0 Å². The molecule has 0 N–H and O–H groups in total. The SMILES string of the molecule is CC/C(=C/c1cccc(OC)n1)CCl. The van der Waals surface area contributed by atoms with E-state index in [0.717, 1.165) is 12.1 Å². The van der Waals surface area contributed by atoms with E-state index in [4.69, 9.17) is 16.3 Å². The molecule has 1 heterocycles. The second-order valence-electron chi connectivity index (χ2n) is 2.89. The number of rotatable bonds is 4. The van der Waals surface area contributed by atoms with Crippen molar-refractivity contribution in [1.29, 1.82) is 0 Å². The Morgan fingerprint density at radius 3 is 2.93 bits per heavy atom. The summed E-state index contributed by atoms with van der Waals surface area (Å²) in [6.45, 7) is 2.08. The predicted molar refractivity (Wildman–Crippen MR) is 59.8 cm³/mol. The largest absolute Gasteiger partial charge is 0.481 e. The molecular weight excluding hydrogens is 198 g/mol. The second-order valence-corrected chi connectivity index (χ2v) is 3.16. The molecule has 0 aliphatic carbocycles. The van der Waals surface area contributed by atoms with Gasteiger partial charge in [0.25, 0.3) is 0 Å². The third-order valence-corrected chi connectivity index (χ3v) is 2.28. The fourth-order valence-electron chi connectivity index (χ4n) is 1.07. The van der Waals surface area contributed by atoms with Crippen molar-refractivity contribution in [3.8, 4) is 5.88 Å². The maximum atomic E-state index is 5.76. The molecule has 1 aromatic rings. The van der Waals surface area contributed by atoms with E-state index >= 15 is 0 Å². The van der Waals surface area contributed by atoms with Gasteiger partial charge >= 0.3 is 0 Å². The molecule has 1 rings (SSSR count). The van der Waals surface area contributed by atoms with Gasteiger partial charge < -0.3 is 4.74 Å². The Morgan fingerprint density at radius 2 is 2.36 bits per heavy atom. The molecule has 0 saturated carbocycles. The molecule has 2 nitrogen and oxygen atoms in total. The van der Waals surface area contributed by atoms with Crippen molar-refractivity contribution in [2.24, 2.45) is 0 Å². The first kappa shape index (κ1) is 11.1. The minimum absolute atomic E-state index is 0.551. The molecule has 1 aromatic heterocycles. The zero-order chi connectivity index (χ0) is 10.4. The average molecular weight is 212 g/mol. The highest BCUT2D eigenvalue weighted by molar-refractivity contribution is 6.19. The molecule has 0 spiro atoms. The summed E-state index contributed by atoms with van der Waals surface area (Å²) in [5.41, 5.74) is 2.06. The van der Waals surface area contributed by atoms with Crippen LogP contribution in [0.15, 0.2) is 23.8 Å². The van der Waals surface area contributed by atoms with E-state index in [-0.39, 0.29) is 0 Å². The van der Waals surface area contributed by atoms with E-state index in [1.165, 1.54) is 5.57 Å². The van der Waals surface area contributed by atoms with Gasteiger partial charge in [-0.3, -0.25) is 0 Å². The van der Waals surface area contributed by atoms with Crippen molar-refractivity contribution in [1.82, 2.24) is 4.98 Å². The van der Waals surface area contributed by atoms with Crippen molar-refractivity contribution < 1.29 is 4.74 Å². The third-order valence-electron chi connectivity index (χ3n) is 1.93. The standard InChI is InChI=1S/C11H14ClNO/c1-3-9(8-12)7-10-5-4-6-11(13-10)14-2/h4-7H,3,8H2,1-2H3/b9-7-. The molecule has 0 aliphatic heterocycles. The van der Waals surface area contributed by atoms with Crippen molar-refractivity contribution >= 4 is 17.7 Å². The molecule has 0 unspecified atom stereocenters. The molecule has 0 radical (unpaired) electrons. The minimum Gasteiger partial charge on any atom is -0.481 e. The van der Waals surface area contributed by atoms with Gasteiger partial charge in [-0.2, -0.15) is 0 Å². The lowest BCUT2D eigenvalue weighted by Gasteiger charge is -2.01. The average Bonchev–Trinajstić information content (AvgIpc) is 2.26. The second kappa shape index (κ2) is 5.66. The van der Waals surface area contributed by atoms with E-state index < -0.39 is 0 Å². The lowest BCUT2D eigenvalue weighted by atomic mass is 10.2. The topological polar surface area (TPSA) is 22.1 Å². The molecule has 0 amide bonds. The van der Waals surface area contributed by atoms with E-state index in [9.17, 15) is 0 Å². The summed E-state index contributed by atoms with van der Waals surface area (Å²) in [6.07, 6.45) is 2.94. The number of hydrogen-bond acceptors (Lipinski definition) is 2. The molecule has 0 saturated heterocycles. The number of aromatic nitrogens is 1. The van der Waals surface area contributed by atoms with Crippen LogP contribution in [0.5, 0.6) is 5.88 Å². The smallest absolute Gasteiger partial charge is 0.213 e. The van der Waals surface area contributed by atoms with Gasteiger partial charge in [-0.15, -0.1) is 11.6 Å². The number of nitrogens with zero attached hydrogens (tertiary/aromatic N) is 1. The van der Waals surface area contributed by atoms with Gasteiger partial charge in [-0.1, -0.05) is 18.6 Å². The fourth-order valence-corrected chi connectivity index (χ4v) is 1.34. The molecule has 0 aromatic carbocycles. The maximum Gasteiger partial charge on any atom is 0.213 e. The van der Waals surface area contributed by atoms with Gasteiger partial charge in [0.1, 0.15) is 0 Å². The van der Waals surface area contributed by atoms with Crippen LogP contribution in [0.4, 0.5) is 0 Å². The summed E-state index contributed by atoms with van der Waals surface area (Å²) < 4.78 is 5.03. The van der Waals surface area contributed by atoms with Crippen molar-refractivity contribution in [3.63, 3.8) is 0 Å². The highest BCUT2D eigenvalue weighted by Crippen LogP contribution is 2.12. The van der Waals surface area contributed by atoms with Gasteiger partial charge in [-0.05, 0) is 18.6 Å². The van der Waals surface area contributed by atoms with Gasteiger partial charge in [-0.25, -0.2) is 4.98 Å². The number of ether oxygens (including phenoxy) is 1. The Morgan fingerprint density at radius 1 is 1.57 bits per heavy atom. The number of alkyl halides is 1. The summed E-state index contributed by atoms with van der Waals surface area (Å²) in [7, 11) is 1.61. The number of halogens is 1. The van der Waals surface area contributed by atoms with E-state index in [1.54, 1.807) is 7.11 Å². The molecular formula is C11H14ClNO. The first-order chi connectivity index (χ1) is 6.80. The molecule has 14 heavy (non-hydrogen) atoms. The Labute approximate surface area is 89.6 Å². The van der Waals surface area contributed by atoms with Gasteiger partial charge in [0.05, 0.1) is 12.8 Å². The van der Waals surface area contributed by atoms with Crippen LogP contribution in [0.1, 0.15) is 19.0 Å². The number of methoxy groups -OCH3 is 1. The maximum absolute atomic E-state index is 5.76. The number of hydrogen-bond donors (Lipinski definition) is 0. The Bertz CT molecular complexity index is 317. The van der Waals surface area contributed by atoms with Crippen molar-refractivity contribution in [2.45, 2.75) is 13.3 Å². The van der Waals surface area contributed by atoms with E-state index in [2.05, 4.69) is 11.9 Å². The minimum atomic E-state index is 0.551. The van der Waals surface area contributed by atoms with Crippen LogP contribution in [0.25, 0.3) is 6.08 Å². The van der Waals surface area contributed by atoms with Crippen LogP contribution in [-0.2, 0) is 0 Å². The first-order valence-electron chi connectivity index (χ1n) is 4.56. The third kappa shape index (κ3) is 3.04. The summed E-state index contributed by atoms with van der Waals surface area (Å²) >= 11 is 5.76. The monoisotopic (exact) mass is 211 g/mol. The summed E-state index contributed by atoms with van der Waals surface area (Å²) in [5, 5.41) is 0. The van der Waals surface area contributed by atoms with Crippen LogP contribution < -0.4 is 4.74 Å². The molecule has 3 heteroatoms. The van der Waals surface area contributed by atoms with Gasteiger partial charge in [0.15, 0.2) is 0 Å². The van der Waals surface area contributed by atoms with Crippen LogP contribution >= 0.6 is 11.6 Å². The normalized spacial score (nSPS) is 11.5. The van der Waals surface area contributed by atoms with Gasteiger partial charge in [0, 0.05) is 11.9 Å².